The van der Waals surface area contributed by atoms with Crippen LogP contribution in [-0.4, -0.2) is 23.1 Å². The minimum atomic E-state index is 0.809. The van der Waals surface area contributed by atoms with Crippen LogP contribution in [0.1, 0.15) is 24.2 Å². The van der Waals surface area contributed by atoms with Gasteiger partial charge in [-0.3, -0.25) is 0 Å². The molecule has 2 heterocycles. The van der Waals surface area contributed by atoms with Crippen molar-refractivity contribution in [1.29, 1.82) is 0 Å². The molecule has 0 saturated carbocycles. The number of anilines is 3. The number of aryl methyl sites for hydroxylation is 2. The second-order valence-corrected chi connectivity index (χ2v) is 5.34. The first-order valence-corrected chi connectivity index (χ1v) is 7.15. The van der Waals surface area contributed by atoms with Crippen LogP contribution in [0.4, 0.5) is 17.3 Å². The fourth-order valence-electron chi connectivity index (χ4n) is 2.51. The average molecular weight is 268 g/mol. The zero-order valence-corrected chi connectivity index (χ0v) is 12.1. The molecule has 2 aromatic rings. The Bertz CT molecular complexity index is 586. The Balaban J connectivity index is 1.83. The lowest BCUT2D eigenvalue weighted by Crippen LogP contribution is -2.19. The van der Waals surface area contributed by atoms with Crippen LogP contribution in [0.25, 0.3) is 0 Å². The summed E-state index contributed by atoms with van der Waals surface area (Å²) in [5, 5.41) is 3.36. The lowest BCUT2D eigenvalue weighted by atomic mass is 10.2. The van der Waals surface area contributed by atoms with Gasteiger partial charge in [-0.25, -0.2) is 9.97 Å². The molecule has 1 N–H and O–H groups in total. The van der Waals surface area contributed by atoms with Crippen molar-refractivity contribution in [3.63, 3.8) is 0 Å². The zero-order valence-electron chi connectivity index (χ0n) is 12.1. The van der Waals surface area contributed by atoms with Gasteiger partial charge < -0.3 is 10.2 Å². The summed E-state index contributed by atoms with van der Waals surface area (Å²) in [5.74, 6) is 2.71. The quantitative estimate of drug-likeness (QED) is 0.926. The van der Waals surface area contributed by atoms with Gasteiger partial charge in [0.2, 0.25) is 0 Å². The summed E-state index contributed by atoms with van der Waals surface area (Å²) in [6.07, 6.45) is 2.51. The lowest BCUT2D eigenvalue weighted by Gasteiger charge is -2.17. The third-order valence-electron chi connectivity index (χ3n) is 3.58. The number of hydrogen-bond acceptors (Lipinski definition) is 4. The predicted molar refractivity (Wildman–Crippen MR) is 82.7 cm³/mol. The minimum absolute atomic E-state index is 0.809. The Kier molecular flexibility index (Phi) is 3.54. The van der Waals surface area contributed by atoms with Gasteiger partial charge in [0.15, 0.2) is 0 Å². The highest BCUT2D eigenvalue weighted by Gasteiger charge is 2.15. The highest BCUT2D eigenvalue weighted by atomic mass is 15.2. The molecule has 1 aliphatic heterocycles. The van der Waals surface area contributed by atoms with Gasteiger partial charge in [0.1, 0.15) is 17.5 Å². The summed E-state index contributed by atoms with van der Waals surface area (Å²) in [6, 6.07) is 10.4. The molecule has 1 aromatic heterocycles. The SMILES string of the molecule is Cc1ccc(Nc2cc(N3CCCC3)nc(C)n2)cc1. The van der Waals surface area contributed by atoms with Crippen molar-refractivity contribution in [2.75, 3.05) is 23.3 Å². The largest absolute Gasteiger partial charge is 0.356 e. The van der Waals surface area contributed by atoms with Crippen LogP contribution in [0.3, 0.4) is 0 Å². The maximum atomic E-state index is 4.55. The van der Waals surface area contributed by atoms with Gasteiger partial charge in [0, 0.05) is 24.8 Å². The molecule has 0 spiro atoms. The fraction of sp³-hybridized carbons (Fsp3) is 0.375. The number of nitrogens with zero attached hydrogens (tertiary/aromatic N) is 3. The summed E-state index contributed by atoms with van der Waals surface area (Å²) < 4.78 is 0. The molecule has 104 valence electrons. The van der Waals surface area contributed by atoms with Crippen LogP contribution in [0.5, 0.6) is 0 Å². The number of aromatic nitrogens is 2. The van der Waals surface area contributed by atoms with Crippen LogP contribution in [0, 0.1) is 13.8 Å². The number of rotatable bonds is 3. The van der Waals surface area contributed by atoms with E-state index in [0.29, 0.717) is 0 Å². The van der Waals surface area contributed by atoms with Crippen LogP contribution >= 0.6 is 0 Å². The Morgan fingerprint density at radius 2 is 1.70 bits per heavy atom. The molecule has 0 bridgehead atoms. The second-order valence-electron chi connectivity index (χ2n) is 5.34. The molecule has 1 aliphatic rings. The van der Waals surface area contributed by atoms with Gasteiger partial charge in [0.25, 0.3) is 0 Å². The molecule has 1 fully saturated rings. The molecule has 20 heavy (non-hydrogen) atoms. The van der Waals surface area contributed by atoms with E-state index < -0.39 is 0 Å². The molecule has 0 aliphatic carbocycles. The molecular formula is C16H20N4. The van der Waals surface area contributed by atoms with E-state index in [1.54, 1.807) is 0 Å². The van der Waals surface area contributed by atoms with E-state index in [-0.39, 0.29) is 0 Å². The van der Waals surface area contributed by atoms with Crippen molar-refractivity contribution in [3.05, 3.63) is 41.7 Å². The smallest absolute Gasteiger partial charge is 0.136 e. The minimum Gasteiger partial charge on any atom is -0.356 e. The van der Waals surface area contributed by atoms with Gasteiger partial charge in [-0.2, -0.15) is 0 Å². The van der Waals surface area contributed by atoms with Gasteiger partial charge in [-0.15, -0.1) is 0 Å². The third-order valence-corrected chi connectivity index (χ3v) is 3.58. The second kappa shape index (κ2) is 5.49. The van der Waals surface area contributed by atoms with Crippen molar-refractivity contribution in [2.24, 2.45) is 0 Å². The lowest BCUT2D eigenvalue weighted by molar-refractivity contribution is 0.912. The number of hydrogen-bond donors (Lipinski definition) is 1. The molecule has 1 saturated heterocycles. The molecular weight excluding hydrogens is 248 g/mol. The Morgan fingerprint density at radius 1 is 1.00 bits per heavy atom. The molecule has 0 radical (unpaired) electrons. The topological polar surface area (TPSA) is 41.0 Å². The van der Waals surface area contributed by atoms with Crippen molar-refractivity contribution >= 4 is 17.3 Å². The van der Waals surface area contributed by atoms with E-state index in [1.165, 1.54) is 18.4 Å². The van der Waals surface area contributed by atoms with Gasteiger partial charge in [-0.1, -0.05) is 17.7 Å². The van der Waals surface area contributed by atoms with Crippen molar-refractivity contribution in [3.8, 4) is 0 Å². The van der Waals surface area contributed by atoms with Crippen LogP contribution in [-0.2, 0) is 0 Å². The zero-order chi connectivity index (χ0) is 13.9. The predicted octanol–water partition coefficient (Wildman–Crippen LogP) is 3.44. The van der Waals surface area contributed by atoms with Crippen molar-refractivity contribution in [2.45, 2.75) is 26.7 Å². The summed E-state index contributed by atoms with van der Waals surface area (Å²) in [4.78, 5) is 11.3. The van der Waals surface area contributed by atoms with Crippen LogP contribution in [0.2, 0.25) is 0 Å². The number of benzene rings is 1. The first-order valence-electron chi connectivity index (χ1n) is 7.15. The Labute approximate surface area is 119 Å². The van der Waals surface area contributed by atoms with E-state index in [4.69, 9.17) is 0 Å². The van der Waals surface area contributed by atoms with Crippen molar-refractivity contribution < 1.29 is 0 Å². The van der Waals surface area contributed by atoms with Gasteiger partial charge in [0.05, 0.1) is 0 Å². The summed E-state index contributed by atoms with van der Waals surface area (Å²) in [5.41, 5.74) is 2.31. The number of nitrogens with one attached hydrogen (secondary N) is 1. The highest BCUT2D eigenvalue weighted by Crippen LogP contribution is 2.22. The van der Waals surface area contributed by atoms with Crippen LogP contribution in [0.15, 0.2) is 30.3 Å². The summed E-state index contributed by atoms with van der Waals surface area (Å²) in [7, 11) is 0. The standard InChI is InChI=1S/C16H20N4/c1-12-5-7-14(8-6-12)19-15-11-16(18-13(2)17-15)20-9-3-4-10-20/h5-8,11H,3-4,9-10H2,1-2H3,(H,17,18,19). The van der Waals surface area contributed by atoms with E-state index in [1.807, 2.05) is 13.0 Å². The first kappa shape index (κ1) is 12.9. The maximum absolute atomic E-state index is 4.55. The summed E-state index contributed by atoms with van der Waals surface area (Å²) >= 11 is 0. The maximum Gasteiger partial charge on any atom is 0.136 e. The molecule has 0 unspecified atom stereocenters. The fourth-order valence-corrected chi connectivity index (χ4v) is 2.51. The Hall–Kier alpha value is -2.10. The molecule has 3 rings (SSSR count). The summed E-state index contributed by atoms with van der Waals surface area (Å²) in [6.45, 7) is 6.23. The van der Waals surface area contributed by atoms with E-state index in [0.717, 1.165) is 36.2 Å². The van der Waals surface area contributed by atoms with Crippen molar-refractivity contribution in [1.82, 2.24) is 9.97 Å². The molecule has 0 amide bonds. The van der Waals surface area contributed by atoms with Gasteiger partial charge in [-0.05, 0) is 38.8 Å². The van der Waals surface area contributed by atoms with Crippen LogP contribution < -0.4 is 10.2 Å². The molecule has 0 atom stereocenters. The normalized spacial score (nSPS) is 14.6. The monoisotopic (exact) mass is 268 g/mol. The third kappa shape index (κ3) is 2.90. The van der Waals surface area contributed by atoms with E-state index in [9.17, 15) is 0 Å². The van der Waals surface area contributed by atoms with E-state index in [2.05, 4.69) is 51.4 Å². The average Bonchev–Trinajstić information content (AvgIpc) is 2.95. The van der Waals surface area contributed by atoms with Gasteiger partial charge >= 0.3 is 0 Å². The molecule has 4 nitrogen and oxygen atoms in total. The van der Waals surface area contributed by atoms with E-state index >= 15 is 0 Å². The molecule has 1 aromatic carbocycles. The Morgan fingerprint density at radius 3 is 2.40 bits per heavy atom. The molecule has 4 heteroatoms. The first-order chi connectivity index (χ1) is 9.70. The highest BCUT2D eigenvalue weighted by molar-refractivity contribution is 5.60.